The van der Waals surface area contributed by atoms with Crippen molar-refractivity contribution in [1.82, 2.24) is 0 Å². The summed E-state index contributed by atoms with van der Waals surface area (Å²) in [5.41, 5.74) is 0.270. The fraction of sp³-hybridized carbons (Fsp3) is 0.929. The standard InChI is InChI=1S/C14H24O/c1-5-6-14(4)11(15)12(2)7-9-13(14,3)10-8-12/h5-10H2,1-4H3. The van der Waals surface area contributed by atoms with Crippen LogP contribution >= 0.6 is 0 Å². The number of ketones is 1. The second-order valence-electron chi connectivity index (χ2n) is 6.53. The van der Waals surface area contributed by atoms with Gasteiger partial charge in [-0.15, -0.1) is 0 Å². The highest BCUT2D eigenvalue weighted by Gasteiger charge is 2.61. The second kappa shape index (κ2) is 3.09. The van der Waals surface area contributed by atoms with Crippen LogP contribution in [0.2, 0.25) is 0 Å². The molecular weight excluding hydrogens is 184 g/mol. The lowest BCUT2D eigenvalue weighted by atomic mass is 9.42. The molecule has 0 saturated heterocycles. The van der Waals surface area contributed by atoms with Crippen LogP contribution in [0.15, 0.2) is 0 Å². The molecule has 2 bridgehead atoms. The maximum absolute atomic E-state index is 12.6. The lowest BCUT2D eigenvalue weighted by Crippen LogP contribution is -2.59. The molecule has 0 aromatic heterocycles. The molecule has 0 radical (unpaired) electrons. The lowest BCUT2D eigenvalue weighted by molar-refractivity contribution is -0.167. The average molecular weight is 208 g/mol. The third kappa shape index (κ3) is 1.24. The summed E-state index contributed by atoms with van der Waals surface area (Å²) in [5.74, 6) is 0.567. The third-order valence-electron chi connectivity index (χ3n) is 5.59. The summed E-state index contributed by atoms with van der Waals surface area (Å²) in [6.45, 7) is 8.98. The molecule has 0 heterocycles. The molecule has 86 valence electrons. The monoisotopic (exact) mass is 208 g/mol. The van der Waals surface area contributed by atoms with Crippen molar-refractivity contribution < 1.29 is 4.79 Å². The van der Waals surface area contributed by atoms with Crippen molar-refractivity contribution in [3.63, 3.8) is 0 Å². The Morgan fingerprint density at radius 2 is 1.60 bits per heavy atom. The molecular formula is C14H24O. The Balaban J connectivity index is 2.41. The van der Waals surface area contributed by atoms with E-state index in [0.717, 1.165) is 25.7 Å². The number of rotatable bonds is 2. The number of carbonyl (C=O) groups is 1. The van der Waals surface area contributed by atoms with E-state index in [1.54, 1.807) is 0 Å². The van der Waals surface area contributed by atoms with Crippen molar-refractivity contribution in [2.75, 3.05) is 0 Å². The minimum absolute atomic E-state index is 0.0156. The van der Waals surface area contributed by atoms with Crippen LogP contribution in [0, 0.1) is 16.2 Å². The van der Waals surface area contributed by atoms with Crippen molar-refractivity contribution in [3.05, 3.63) is 0 Å². The van der Waals surface area contributed by atoms with Crippen LogP contribution < -0.4 is 0 Å². The Morgan fingerprint density at radius 3 is 2.07 bits per heavy atom. The van der Waals surface area contributed by atoms with E-state index >= 15 is 0 Å². The predicted octanol–water partition coefficient (Wildman–Crippen LogP) is 3.96. The van der Waals surface area contributed by atoms with E-state index in [1.807, 2.05) is 0 Å². The molecule has 0 N–H and O–H groups in total. The average Bonchev–Trinajstić information content (AvgIpc) is 2.20. The molecule has 1 heteroatoms. The van der Waals surface area contributed by atoms with E-state index in [1.165, 1.54) is 12.8 Å². The maximum Gasteiger partial charge on any atom is 0.145 e. The van der Waals surface area contributed by atoms with Gasteiger partial charge in [0.05, 0.1) is 0 Å². The largest absolute Gasteiger partial charge is 0.298 e. The van der Waals surface area contributed by atoms with E-state index in [4.69, 9.17) is 0 Å². The van der Waals surface area contributed by atoms with Crippen LogP contribution in [0.25, 0.3) is 0 Å². The van der Waals surface area contributed by atoms with Gasteiger partial charge in [-0.3, -0.25) is 4.79 Å². The number of fused-ring (bicyclic) bond motifs is 3. The fourth-order valence-corrected chi connectivity index (χ4v) is 3.99. The normalized spacial score (nSPS) is 49.7. The molecule has 0 amide bonds. The van der Waals surface area contributed by atoms with E-state index < -0.39 is 0 Å². The van der Waals surface area contributed by atoms with Gasteiger partial charge in [-0.1, -0.05) is 34.1 Å². The lowest BCUT2D eigenvalue weighted by Gasteiger charge is -2.60. The molecule has 3 fully saturated rings. The van der Waals surface area contributed by atoms with Crippen molar-refractivity contribution in [3.8, 4) is 0 Å². The number of carbonyl (C=O) groups excluding carboxylic acids is 1. The smallest absolute Gasteiger partial charge is 0.145 e. The number of Topliss-reactive ketones (excluding diaryl/α,β-unsaturated/α-hetero) is 1. The minimum Gasteiger partial charge on any atom is -0.298 e. The Bertz CT molecular complexity index is 284. The van der Waals surface area contributed by atoms with Crippen LogP contribution in [-0.4, -0.2) is 5.78 Å². The van der Waals surface area contributed by atoms with Gasteiger partial charge in [-0.05, 0) is 37.5 Å². The van der Waals surface area contributed by atoms with Gasteiger partial charge in [0.15, 0.2) is 0 Å². The van der Waals surface area contributed by atoms with Gasteiger partial charge in [-0.25, -0.2) is 0 Å². The van der Waals surface area contributed by atoms with Crippen LogP contribution in [0.5, 0.6) is 0 Å². The Morgan fingerprint density at radius 1 is 1.07 bits per heavy atom. The van der Waals surface area contributed by atoms with Crippen LogP contribution in [-0.2, 0) is 4.79 Å². The predicted molar refractivity (Wildman–Crippen MR) is 62.7 cm³/mol. The number of hydrogen-bond donors (Lipinski definition) is 0. The molecule has 0 aliphatic heterocycles. The zero-order valence-electron chi connectivity index (χ0n) is 10.7. The highest BCUT2D eigenvalue weighted by molar-refractivity contribution is 5.92. The number of hydrogen-bond acceptors (Lipinski definition) is 1. The summed E-state index contributed by atoms with van der Waals surface area (Å²) in [4.78, 5) is 12.6. The van der Waals surface area contributed by atoms with Crippen LogP contribution in [0.3, 0.4) is 0 Å². The molecule has 0 spiro atoms. The van der Waals surface area contributed by atoms with Crippen LogP contribution in [0.1, 0.15) is 66.2 Å². The summed E-state index contributed by atoms with van der Waals surface area (Å²) in [5, 5.41) is 0. The van der Waals surface area contributed by atoms with Crippen molar-refractivity contribution >= 4 is 5.78 Å². The summed E-state index contributed by atoms with van der Waals surface area (Å²) in [6, 6.07) is 0. The SMILES string of the molecule is CCCC1(C)C(=O)C2(C)CCC1(C)CC2. The first-order valence-electron chi connectivity index (χ1n) is 6.43. The highest BCUT2D eigenvalue weighted by atomic mass is 16.1. The van der Waals surface area contributed by atoms with Gasteiger partial charge in [0.25, 0.3) is 0 Å². The molecule has 1 unspecified atom stereocenters. The molecule has 3 aliphatic rings. The van der Waals surface area contributed by atoms with E-state index in [0.29, 0.717) is 5.78 Å². The summed E-state index contributed by atoms with van der Waals surface area (Å²) in [7, 11) is 0. The second-order valence-corrected chi connectivity index (χ2v) is 6.53. The van der Waals surface area contributed by atoms with E-state index in [9.17, 15) is 4.79 Å². The van der Waals surface area contributed by atoms with Crippen molar-refractivity contribution in [2.45, 2.75) is 66.2 Å². The molecule has 3 saturated carbocycles. The molecule has 1 nitrogen and oxygen atoms in total. The minimum atomic E-state index is -0.0347. The fourth-order valence-electron chi connectivity index (χ4n) is 3.99. The summed E-state index contributed by atoms with van der Waals surface area (Å²) >= 11 is 0. The van der Waals surface area contributed by atoms with Gasteiger partial charge >= 0.3 is 0 Å². The van der Waals surface area contributed by atoms with Gasteiger partial charge in [0, 0.05) is 10.8 Å². The Kier molecular flexibility index (Phi) is 2.30. The van der Waals surface area contributed by atoms with Gasteiger partial charge in [0.2, 0.25) is 0 Å². The quantitative estimate of drug-likeness (QED) is 0.671. The topological polar surface area (TPSA) is 17.1 Å². The van der Waals surface area contributed by atoms with Crippen molar-refractivity contribution in [2.24, 2.45) is 16.2 Å². The van der Waals surface area contributed by atoms with E-state index in [-0.39, 0.29) is 16.2 Å². The molecule has 15 heavy (non-hydrogen) atoms. The van der Waals surface area contributed by atoms with Gasteiger partial charge in [-0.2, -0.15) is 0 Å². The molecule has 0 aromatic rings. The van der Waals surface area contributed by atoms with Gasteiger partial charge < -0.3 is 0 Å². The Hall–Kier alpha value is -0.330. The summed E-state index contributed by atoms with van der Waals surface area (Å²) in [6.07, 6.45) is 6.98. The summed E-state index contributed by atoms with van der Waals surface area (Å²) < 4.78 is 0. The Labute approximate surface area is 93.6 Å². The van der Waals surface area contributed by atoms with Crippen LogP contribution in [0.4, 0.5) is 0 Å². The highest BCUT2D eigenvalue weighted by Crippen LogP contribution is 2.64. The first-order valence-corrected chi connectivity index (χ1v) is 6.43. The zero-order chi connectivity index (χ0) is 11.3. The maximum atomic E-state index is 12.6. The third-order valence-corrected chi connectivity index (χ3v) is 5.59. The van der Waals surface area contributed by atoms with E-state index in [2.05, 4.69) is 27.7 Å². The molecule has 3 rings (SSSR count). The van der Waals surface area contributed by atoms with Crippen molar-refractivity contribution in [1.29, 1.82) is 0 Å². The molecule has 1 atom stereocenters. The molecule has 0 aromatic carbocycles. The van der Waals surface area contributed by atoms with Gasteiger partial charge in [0.1, 0.15) is 5.78 Å². The molecule has 3 aliphatic carbocycles. The first-order chi connectivity index (χ1) is 6.88. The first kappa shape index (κ1) is 11.2. The zero-order valence-corrected chi connectivity index (χ0v) is 10.7.